The monoisotopic (exact) mass is 853 g/mol. The Kier molecular flexibility index (Phi) is 7.57. The van der Waals surface area contributed by atoms with E-state index in [1.165, 1.54) is 33.5 Å². The SMILES string of the molecule is Cn1[c](=[Pt])n(-c2[c-]c(Oc3[c-]c4c(cc3)Cc3c(ccc5c3C(C)(C)C(C)(C)C5(C)C)N4c3cc(C(C)(C)C)ccn3)ccc2)c2ccccc21. The predicted molar refractivity (Wildman–Crippen MR) is 203 cm³/mol. The fraction of sp³-hybridized carbons (Fsp3) is 0.333. The van der Waals surface area contributed by atoms with Crippen molar-refractivity contribution in [2.24, 2.45) is 12.5 Å². The number of aryl methyl sites for hydroxylation is 1. The van der Waals surface area contributed by atoms with E-state index in [-0.39, 0.29) is 21.7 Å². The molecule has 4 aromatic carbocycles. The Labute approximate surface area is 313 Å². The number of nitrogens with zero attached hydrogens (tertiary/aromatic N) is 4. The Morgan fingerprint density at radius 3 is 2.27 bits per heavy atom. The zero-order chi connectivity index (χ0) is 36.2. The number of fused-ring (bicyclic) bond motifs is 5. The normalized spacial score (nSPS) is 16.9. The van der Waals surface area contributed by atoms with Gasteiger partial charge in [-0.25, -0.2) is 0 Å². The summed E-state index contributed by atoms with van der Waals surface area (Å²) in [6.45, 7) is 21.3. The van der Waals surface area contributed by atoms with Crippen molar-refractivity contribution in [1.29, 1.82) is 0 Å². The van der Waals surface area contributed by atoms with Crippen LogP contribution in [0.5, 0.6) is 11.5 Å². The summed E-state index contributed by atoms with van der Waals surface area (Å²) < 4.78 is 12.1. The molecule has 2 aromatic heterocycles. The van der Waals surface area contributed by atoms with E-state index in [9.17, 15) is 0 Å². The van der Waals surface area contributed by atoms with E-state index in [1.807, 2.05) is 18.3 Å². The van der Waals surface area contributed by atoms with Crippen LogP contribution >= 0.6 is 0 Å². The van der Waals surface area contributed by atoms with Gasteiger partial charge in [-0.05, 0) is 44.4 Å². The van der Waals surface area contributed by atoms with Crippen molar-refractivity contribution in [3.8, 4) is 17.2 Å². The number of anilines is 3. The molecule has 0 atom stereocenters. The molecule has 0 spiro atoms. The fourth-order valence-corrected chi connectivity index (χ4v) is 9.20. The molecular weight excluding hydrogens is 808 g/mol. The Bertz CT molecular complexity index is 2440. The van der Waals surface area contributed by atoms with Crippen molar-refractivity contribution in [3.63, 3.8) is 0 Å². The summed E-state index contributed by atoms with van der Waals surface area (Å²) in [5, 5.41) is 0. The number of hydrogen-bond donors (Lipinski definition) is 0. The van der Waals surface area contributed by atoms with Gasteiger partial charge in [0.25, 0.3) is 0 Å². The second-order valence-electron chi connectivity index (χ2n) is 16.8. The molecule has 6 aromatic rings. The van der Waals surface area contributed by atoms with Crippen LogP contribution in [-0.2, 0) is 49.1 Å². The Balaban J connectivity index is 1.26. The van der Waals surface area contributed by atoms with E-state index in [4.69, 9.17) is 9.72 Å². The van der Waals surface area contributed by atoms with Crippen molar-refractivity contribution in [2.75, 3.05) is 4.90 Å². The van der Waals surface area contributed by atoms with Crippen LogP contribution in [0.3, 0.4) is 0 Å². The molecule has 0 N–H and O–H groups in total. The van der Waals surface area contributed by atoms with E-state index < -0.39 is 0 Å². The quantitative estimate of drug-likeness (QED) is 0.166. The van der Waals surface area contributed by atoms with Crippen molar-refractivity contribution in [2.45, 2.75) is 85.0 Å². The van der Waals surface area contributed by atoms with E-state index in [1.54, 1.807) is 0 Å². The molecule has 1 aliphatic heterocycles. The summed E-state index contributed by atoms with van der Waals surface area (Å²) in [4.78, 5) is 7.33. The molecule has 3 heterocycles. The van der Waals surface area contributed by atoms with Gasteiger partial charge in [0.1, 0.15) is 0 Å². The molecule has 1 aliphatic carbocycles. The molecule has 0 bridgehead atoms. The fourth-order valence-electron chi connectivity index (χ4n) is 8.38. The minimum atomic E-state index is -0.0331. The molecule has 51 heavy (non-hydrogen) atoms. The first-order valence-electron chi connectivity index (χ1n) is 17.8. The maximum atomic E-state index is 6.60. The summed E-state index contributed by atoms with van der Waals surface area (Å²) in [5.41, 5.74) is 12.1. The van der Waals surface area contributed by atoms with Gasteiger partial charge in [-0.15, -0.1) is 0 Å². The standard InChI is InChI=1S/C45H46N4O.Pt/c1-42(2,3)30-22-23-46-40(25-30)49-36-21-20-35-41(44(6,7)45(8,9)43(35,4)5)34(36)24-29-18-19-33(27-39(29)49)50-32-15-13-14-31(26-32)48-28-47(10)37-16-11-12-17-38(37)48;/h11-23,25H,24H2,1-10H3;/q-2;. The molecule has 2 aliphatic rings. The van der Waals surface area contributed by atoms with Crippen LogP contribution in [0.25, 0.3) is 16.7 Å². The molecule has 5 nitrogen and oxygen atoms in total. The first-order chi connectivity index (χ1) is 24.0. The van der Waals surface area contributed by atoms with E-state index >= 15 is 0 Å². The third-order valence-electron chi connectivity index (χ3n) is 12.5. The second-order valence-corrected chi connectivity index (χ2v) is 17.9. The third-order valence-corrected chi connectivity index (χ3v) is 13.8. The Morgan fingerprint density at radius 2 is 1.53 bits per heavy atom. The van der Waals surface area contributed by atoms with Crippen LogP contribution < -0.4 is 9.64 Å². The Morgan fingerprint density at radius 1 is 0.804 bits per heavy atom. The molecule has 0 amide bonds. The number of ether oxygens (including phenoxy) is 1. The van der Waals surface area contributed by atoms with Crippen LogP contribution in [0.2, 0.25) is 0 Å². The molecule has 0 radical (unpaired) electrons. The zero-order valence-corrected chi connectivity index (χ0v) is 33.6. The molecule has 0 unspecified atom stereocenters. The second kappa shape index (κ2) is 11.4. The minimum absolute atomic E-state index is 0.0215. The summed E-state index contributed by atoms with van der Waals surface area (Å²) in [7, 11) is 2.09. The first kappa shape index (κ1) is 33.9. The van der Waals surface area contributed by atoms with Crippen LogP contribution in [-0.4, -0.2) is 14.1 Å². The van der Waals surface area contributed by atoms with Gasteiger partial charge in [-0.2, -0.15) is 0 Å². The predicted octanol–water partition coefficient (Wildman–Crippen LogP) is 11.1. The van der Waals surface area contributed by atoms with Gasteiger partial charge < -0.3 is 0 Å². The molecule has 264 valence electrons. The average Bonchev–Trinajstić information content (AvgIpc) is 3.40. The summed E-state index contributed by atoms with van der Waals surface area (Å²) in [6, 6.07) is 35.1. The van der Waals surface area contributed by atoms with Gasteiger partial charge >= 0.3 is 196 Å². The van der Waals surface area contributed by atoms with E-state index in [2.05, 4.69) is 182 Å². The van der Waals surface area contributed by atoms with Crippen molar-refractivity contribution < 1.29 is 24.1 Å². The van der Waals surface area contributed by atoms with Crippen LogP contribution in [0.1, 0.15) is 90.1 Å². The van der Waals surface area contributed by atoms with Crippen molar-refractivity contribution >= 4 is 28.2 Å². The Hall–Kier alpha value is -4.21. The van der Waals surface area contributed by atoms with Gasteiger partial charge in [0.15, 0.2) is 0 Å². The summed E-state index contributed by atoms with van der Waals surface area (Å²) in [6.07, 6.45) is 2.77. The van der Waals surface area contributed by atoms with Crippen LogP contribution in [0, 0.1) is 21.4 Å². The average molecular weight is 854 g/mol. The number of imidazole rings is 1. The summed E-state index contributed by atoms with van der Waals surface area (Å²) in [5.74, 6) is 2.17. The number of rotatable bonds is 4. The van der Waals surface area contributed by atoms with Crippen molar-refractivity contribution in [3.05, 3.63) is 129 Å². The first-order valence-corrected chi connectivity index (χ1v) is 19.0. The topological polar surface area (TPSA) is 35.2 Å². The number of hydrogen-bond acceptors (Lipinski definition) is 3. The zero-order valence-electron chi connectivity index (χ0n) is 31.3. The molecule has 0 saturated heterocycles. The third kappa shape index (κ3) is 4.98. The van der Waals surface area contributed by atoms with Gasteiger partial charge in [0.2, 0.25) is 0 Å². The molecule has 0 saturated carbocycles. The number of aromatic nitrogens is 3. The van der Waals surface area contributed by atoms with E-state index in [0.717, 1.165) is 38.5 Å². The summed E-state index contributed by atoms with van der Waals surface area (Å²) >= 11 is 2.38. The van der Waals surface area contributed by atoms with Crippen molar-refractivity contribution in [1.82, 2.24) is 14.1 Å². The van der Waals surface area contributed by atoms with Gasteiger partial charge in [-0.1, -0.05) is 68.4 Å². The van der Waals surface area contributed by atoms with Crippen LogP contribution in [0.15, 0.2) is 85.1 Å². The van der Waals surface area contributed by atoms with Crippen LogP contribution in [0.4, 0.5) is 17.2 Å². The van der Waals surface area contributed by atoms with Gasteiger partial charge in [0, 0.05) is 6.20 Å². The number of benzene rings is 4. The number of para-hydroxylation sites is 2. The van der Waals surface area contributed by atoms with E-state index in [0.29, 0.717) is 11.5 Å². The molecule has 8 rings (SSSR count). The molecular formula is C45H46N4OPt-2. The molecule has 0 fully saturated rings. The number of pyridine rings is 1. The van der Waals surface area contributed by atoms with Gasteiger partial charge in [0.05, 0.1) is 0 Å². The maximum absolute atomic E-state index is 6.60. The van der Waals surface area contributed by atoms with Gasteiger partial charge in [-0.3, -0.25) is 0 Å². The molecule has 6 heteroatoms.